The number of benzene rings is 2. The zero-order valence-electron chi connectivity index (χ0n) is 44.1. The lowest BCUT2D eigenvalue weighted by Gasteiger charge is -2.15. The van der Waals surface area contributed by atoms with Gasteiger partial charge in [-0.05, 0) is 83.4 Å². The molecule has 0 spiro atoms. The molecule has 7 rings (SSSR count). The van der Waals surface area contributed by atoms with Gasteiger partial charge in [0.15, 0.2) is 31.1 Å². The van der Waals surface area contributed by atoms with Crippen LogP contribution >= 0.6 is 46.4 Å². The maximum absolute atomic E-state index is 14.0. The van der Waals surface area contributed by atoms with Gasteiger partial charge in [-0.3, -0.25) is 23.6 Å². The molecule has 27 heteroatoms. The first-order valence-corrected chi connectivity index (χ1v) is 29.1. The number of nitrogens with zero attached hydrogens (tertiary/aromatic N) is 10. The average molecular weight is 1190 g/mol. The summed E-state index contributed by atoms with van der Waals surface area (Å²) in [5.74, 6) is -1.03. The molecule has 0 aliphatic heterocycles. The highest BCUT2D eigenvalue weighted by Crippen LogP contribution is 2.37. The van der Waals surface area contributed by atoms with Gasteiger partial charge in [-0.25, -0.2) is 35.8 Å². The van der Waals surface area contributed by atoms with Crippen molar-refractivity contribution in [3.05, 3.63) is 130 Å². The summed E-state index contributed by atoms with van der Waals surface area (Å²) in [6.45, 7) is 12.5. The lowest BCUT2D eigenvalue weighted by Crippen LogP contribution is -2.19. The highest BCUT2D eigenvalue weighted by Gasteiger charge is 2.34. The molecular weight excluding hydrogens is 1130 g/mol. The fraction of sp³-hybridized carbons (Fsp3) is 0.353. The molecule has 1 N–H and O–H groups in total. The van der Waals surface area contributed by atoms with Crippen LogP contribution < -0.4 is 9.47 Å². The largest absolute Gasteiger partial charge is 0.402 e. The molecule has 21 nitrogen and oxygen atoms in total. The number of rotatable bonds is 18. The Labute approximate surface area is 470 Å². The van der Waals surface area contributed by atoms with Crippen LogP contribution in [-0.4, -0.2) is 113 Å². The average Bonchev–Trinajstić information content (AvgIpc) is 4.20. The molecule has 1 unspecified atom stereocenters. The number of hydrogen-bond donors (Lipinski definition) is 1. The summed E-state index contributed by atoms with van der Waals surface area (Å²) in [5.41, 5.74) is 1.73. The third kappa shape index (κ3) is 12.3. The monoisotopic (exact) mass is 1190 g/mol. The number of terminal acetylenes is 1. The Kier molecular flexibility index (Phi) is 18.8. The summed E-state index contributed by atoms with van der Waals surface area (Å²) in [5, 5.41) is 31.4. The summed E-state index contributed by atoms with van der Waals surface area (Å²) in [6, 6.07) is 6.56. The van der Waals surface area contributed by atoms with Crippen LogP contribution in [-0.2, 0) is 66.1 Å². The van der Waals surface area contributed by atoms with Crippen LogP contribution in [0.3, 0.4) is 0 Å². The number of ketones is 2. The number of hydrogen-bond acceptors (Lipinski definition) is 16. The predicted molar refractivity (Wildman–Crippen MR) is 291 cm³/mol. The van der Waals surface area contributed by atoms with E-state index in [-0.39, 0.29) is 118 Å². The normalized spacial score (nSPS) is 12.1. The van der Waals surface area contributed by atoms with Crippen molar-refractivity contribution in [2.75, 3.05) is 12.5 Å². The van der Waals surface area contributed by atoms with Gasteiger partial charge < -0.3 is 14.6 Å². The van der Waals surface area contributed by atoms with Crippen LogP contribution in [0.25, 0.3) is 0 Å². The topological polar surface area (TPSA) is 264 Å². The summed E-state index contributed by atoms with van der Waals surface area (Å²) < 4.78 is 68.1. The number of aliphatic hydroxyl groups is 1. The molecule has 7 aromatic rings. The molecule has 5 heterocycles. The molecule has 0 aliphatic rings. The van der Waals surface area contributed by atoms with E-state index in [2.05, 4.69) is 31.4 Å². The number of ether oxygens (including phenoxy) is 2. The van der Waals surface area contributed by atoms with Crippen LogP contribution in [0.15, 0.2) is 52.5 Å². The minimum Gasteiger partial charge on any atom is -0.402 e. The Balaban J connectivity index is 0.000000253. The SMILES string of the molecule is C#CC(O)Cc1c(S(C)(=O)=O)ccc(C(=O)c2c(C)nn(CC)c2OC(=O)c2c(Cl)c(CC)nn2C)c1Cl.CCc1nn(C)c(C(=O)Oc2c(C(=O)c3ccc(S(C)(=O)=O)c(Cn4cccn4)c3Cl)c(C)nn2C(C)C)c1Cl. The van der Waals surface area contributed by atoms with E-state index >= 15 is 0 Å². The van der Waals surface area contributed by atoms with Gasteiger partial charge in [-0.2, -0.15) is 25.5 Å². The standard InChI is InChI=1S/C26H28Cl2N6O5S.C25H26Cl2N4O6S/c1-7-18-22(28)23(32(5)31-18)26(36)39-25-20(15(4)30-34(25)14(2)3)24(35)16-9-10-19(40(6,37)38)17(21(16)27)13-33-12-8-11-29-33;1-7-14(32)12-16-18(38(6,35)36)11-10-15(20(16)26)23(33)19-13(4)28-31(9-3)24(19)37-25(34)22-21(27)17(8-2)29-30(22)5/h8-12,14H,7,13H2,1-6H3;1,10-11,14,32H,8-9,12H2,2-6H3. The first kappa shape index (κ1) is 60.6. The van der Waals surface area contributed by atoms with Crippen LogP contribution in [0, 0.1) is 26.2 Å². The van der Waals surface area contributed by atoms with Gasteiger partial charge in [0.2, 0.25) is 23.3 Å². The van der Waals surface area contributed by atoms with Crippen molar-refractivity contribution in [1.29, 1.82) is 0 Å². The van der Waals surface area contributed by atoms with Crippen molar-refractivity contribution >= 4 is 89.6 Å². The fourth-order valence-electron chi connectivity index (χ4n) is 8.32. The first-order valence-electron chi connectivity index (χ1n) is 23.8. The minimum absolute atomic E-state index is 0.00157. The van der Waals surface area contributed by atoms with Crippen molar-refractivity contribution in [3.63, 3.8) is 0 Å². The molecule has 78 heavy (non-hydrogen) atoms. The third-order valence-corrected chi connectivity index (χ3v) is 16.1. The molecule has 0 bridgehead atoms. The number of aliphatic hydroxyl groups excluding tert-OH is 1. The van der Waals surface area contributed by atoms with Crippen LogP contribution in [0.2, 0.25) is 20.1 Å². The molecule has 0 saturated heterocycles. The second-order valence-electron chi connectivity index (χ2n) is 17.9. The number of carbonyl (C=O) groups is 4. The van der Waals surface area contributed by atoms with E-state index in [0.717, 1.165) is 12.5 Å². The minimum atomic E-state index is -3.77. The van der Waals surface area contributed by atoms with E-state index in [1.54, 1.807) is 53.3 Å². The molecule has 0 radical (unpaired) electrons. The molecule has 414 valence electrons. The van der Waals surface area contributed by atoms with Gasteiger partial charge in [-0.1, -0.05) is 66.2 Å². The molecule has 2 aromatic carbocycles. The molecule has 0 aliphatic carbocycles. The highest BCUT2D eigenvalue weighted by atomic mass is 35.5. The van der Waals surface area contributed by atoms with Crippen molar-refractivity contribution in [2.24, 2.45) is 14.1 Å². The Morgan fingerprint density at radius 2 is 1.17 bits per heavy atom. The molecule has 0 fully saturated rings. The van der Waals surface area contributed by atoms with E-state index in [1.165, 1.54) is 47.7 Å². The number of esters is 2. The quantitative estimate of drug-likeness (QED) is 0.0490. The van der Waals surface area contributed by atoms with Gasteiger partial charge in [0.1, 0.15) is 17.2 Å². The predicted octanol–water partition coefficient (Wildman–Crippen LogP) is 7.68. The zero-order valence-corrected chi connectivity index (χ0v) is 48.8. The Hall–Kier alpha value is -6.65. The van der Waals surface area contributed by atoms with E-state index in [1.807, 2.05) is 27.7 Å². The summed E-state index contributed by atoms with van der Waals surface area (Å²) in [6.07, 6.45) is 9.88. The number of carbonyl (C=O) groups excluding carboxylic acids is 4. The van der Waals surface area contributed by atoms with Crippen molar-refractivity contribution in [1.82, 2.24) is 48.9 Å². The van der Waals surface area contributed by atoms with Crippen LogP contribution in [0.4, 0.5) is 0 Å². The number of aromatic nitrogens is 10. The maximum Gasteiger partial charge on any atom is 0.364 e. The Morgan fingerprint density at radius 3 is 1.59 bits per heavy atom. The summed E-state index contributed by atoms with van der Waals surface area (Å²) in [4.78, 5) is 54.1. The molecule has 1 atom stereocenters. The van der Waals surface area contributed by atoms with Gasteiger partial charge >= 0.3 is 11.9 Å². The zero-order chi connectivity index (χ0) is 58.0. The maximum atomic E-state index is 14.0. The Morgan fingerprint density at radius 1 is 0.705 bits per heavy atom. The summed E-state index contributed by atoms with van der Waals surface area (Å²) >= 11 is 26.0. The van der Waals surface area contributed by atoms with Crippen molar-refractivity contribution in [2.45, 2.75) is 103 Å². The smallest absolute Gasteiger partial charge is 0.364 e. The molecular formula is C51H54Cl4N10O11S2. The van der Waals surface area contributed by atoms with Crippen molar-refractivity contribution < 1.29 is 50.6 Å². The first-order chi connectivity index (χ1) is 36.5. The number of aryl methyl sites for hydroxylation is 7. The van der Waals surface area contributed by atoms with E-state index in [4.69, 9.17) is 62.3 Å². The third-order valence-electron chi connectivity index (χ3n) is 12.1. The van der Waals surface area contributed by atoms with E-state index in [0.29, 0.717) is 29.9 Å². The van der Waals surface area contributed by atoms with E-state index < -0.39 is 49.3 Å². The fourth-order valence-corrected chi connectivity index (χ4v) is 11.7. The molecule has 0 amide bonds. The number of sulfone groups is 2. The van der Waals surface area contributed by atoms with Crippen molar-refractivity contribution in [3.8, 4) is 24.1 Å². The number of halogens is 4. The molecule has 5 aromatic heterocycles. The molecule has 0 saturated carbocycles. The van der Waals surface area contributed by atoms with Gasteiger partial charge in [0.05, 0.1) is 65.2 Å². The van der Waals surface area contributed by atoms with Crippen LogP contribution in [0.5, 0.6) is 11.8 Å². The van der Waals surface area contributed by atoms with E-state index in [9.17, 15) is 41.1 Å². The second kappa shape index (κ2) is 24.2. The van der Waals surface area contributed by atoms with Gasteiger partial charge in [-0.15, -0.1) is 6.42 Å². The lowest BCUT2D eigenvalue weighted by molar-refractivity contribution is 0.0692. The summed E-state index contributed by atoms with van der Waals surface area (Å²) in [7, 11) is -4.34. The van der Waals surface area contributed by atoms with Gasteiger partial charge in [0.25, 0.3) is 0 Å². The highest BCUT2D eigenvalue weighted by molar-refractivity contribution is 7.91. The van der Waals surface area contributed by atoms with Gasteiger partial charge in [0, 0.05) is 68.7 Å². The Bertz CT molecular complexity index is 3800. The second-order valence-corrected chi connectivity index (χ2v) is 23.4. The lowest BCUT2D eigenvalue weighted by atomic mass is 9.98. The van der Waals surface area contributed by atoms with Crippen LogP contribution in [0.1, 0.15) is 127 Å².